The van der Waals surface area contributed by atoms with Gasteiger partial charge < -0.3 is 5.73 Å². The van der Waals surface area contributed by atoms with Crippen molar-refractivity contribution in [2.24, 2.45) is 28.4 Å². The number of nitrogens with zero attached hydrogens (tertiary/aromatic N) is 1. The first kappa shape index (κ1) is 26.1. The van der Waals surface area contributed by atoms with Crippen molar-refractivity contribution in [1.82, 2.24) is 4.31 Å². The van der Waals surface area contributed by atoms with Crippen LogP contribution in [0, 0.1) is 22.7 Å². The van der Waals surface area contributed by atoms with Crippen LogP contribution in [-0.2, 0) is 25.8 Å². The maximum atomic E-state index is 13.7. The van der Waals surface area contributed by atoms with E-state index in [0.717, 1.165) is 54.6 Å². The van der Waals surface area contributed by atoms with Gasteiger partial charge in [-0.05, 0) is 81.8 Å². The highest BCUT2D eigenvalue weighted by atomic mass is 32.2. The van der Waals surface area contributed by atoms with Gasteiger partial charge in [-0.1, -0.05) is 19.1 Å². The van der Waals surface area contributed by atoms with Crippen molar-refractivity contribution < 1.29 is 31.2 Å². The number of sulfonamides is 1. The quantitative estimate of drug-likeness (QED) is 0.551. The molecule has 2 atom stereocenters. The number of carbonyl (C=O) groups excluding carboxylic acids is 2. The number of hydrogen-bond donors (Lipinski definition) is 1. The van der Waals surface area contributed by atoms with E-state index in [0.29, 0.717) is 18.3 Å². The second kappa shape index (κ2) is 8.30. The molecule has 5 rings (SSSR count). The molecule has 0 radical (unpaired) electrons. The largest absolute Gasteiger partial charge is 0.417 e. The molecule has 1 amide bonds. The number of Topliss-reactive ketones (excluding diaryl/α,β-unsaturated/α-hetero) is 1. The van der Waals surface area contributed by atoms with Gasteiger partial charge in [0.2, 0.25) is 15.9 Å². The first-order valence-corrected chi connectivity index (χ1v) is 13.5. The molecule has 0 aromatic heterocycles. The Balaban J connectivity index is 1.65. The molecule has 2 N–H and O–H groups in total. The molecule has 35 heavy (non-hydrogen) atoms. The Morgan fingerprint density at radius 2 is 1.66 bits per heavy atom. The van der Waals surface area contributed by atoms with Crippen molar-refractivity contribution >= 4 is 21.7 Å². The van der Waals surface area contributed by atoms with Crippen LogP contribution in [0.3, 0.4) is 0 Å². The van der Waals surface area contributed by atoms with Gasteiger partial charge in [-0.3, -0.25) is 9.59 Å². The number of likely N-dealkylation sites (N-methyl/N-ethyl adjacent to an activating group) is 1. The number of benzene rings is 1. The first-order valence-electron chi connectivity index (χ1n) is 12.1. The highest BCUT2D eigenvalue weighted by Crippen LogP contribution is 2.66. The van der Waals surface area contributed by atoms with Crippen LogP contribution in [0.15, 0.2) is 29.2 Å². The van der Waals surface area contributed by atoms with Crippen molar-refractivity contribution in [2.75, 3.05) is 6.54 Å². The number of ketones is 1. The topological polar surface area (TPSA) is 97.5 Å². The van der Waals surface area contributed by atoms with Crippen LogP contribution in [0.1, 0.15) is 71.3 Å². The molecule has 6 nitrogen and oxygen atoms in total. The van der Waals surface area contributed by atoms with Crippen LogP contribution in [0.4, 0.5) is 13.2 Å². The zero-order valence-electron chi connectivity index (χ0n) is 20.3. The number of hydrogen-bond acceptors (Lipinski definition) is 4. The number of alkyl halides is 3. The number of carbonyl (C=O) groups is 2. The predicted octanol–water partition coefficient (Wildman–Crippen LogP) is 4.53. The number of amides is 1. The van der Waals surface area contributed by atoms with Crippen molar-refractivity contribution in [3.63, 3.8) is 0 Å². The van der Waals surface area contributed by atoms with Crippen LogP contribution in [0.5, 0.6) is 0 Å². The van der Waals surface area contributed by atoms with Gasteiger partial charge in [0.15, 0.2) is 5.78 Å². The Bertz CT molecular complexity index is 1130. The van der Waals surface area contributed by atoms with Crippen molar-refractivity contribution in [3.8, 4) is 0 Å². The summed E-state index contributed by atoms with van der Waals surface area (Å²) < 4.78 is 68.7. The summed E-state index contributed by atoms with van der Waals surface area (Å²) in [5, 5.41) is 0. The number of nitrogens with two attached hydrogens (primary N) is 1. The Morgan fingerprint density at radius 3 is 2.17 bits per heavy atom. The number of primary amides is 1. The summed E-state index contributed by atoms with van der Waals surface area (Å²) in [7, 11) is -4.64. The van der Waals surface area contributed by atoms with Gasteiger partial charge in [-0.25, -0.2) is 8.42 Å². The fraction of sp³-hybridized carbons (Fsp3) is 0.680. The van der Waals surface area contributed by atoms with Crippen LogP contribution >= 0.6 is 0 Å². The van der Waals surface area contributed by atoms with E-state index in [2.05, 4.69) is 0 Å². The van der Waals surface area contributed by atoms with Gasteiger partial charge in [-0.2, -0.15) is 17.5 Å². The normalized spacial score (nSPS) is 30.6. The van der Waals surface area contributed by atoms with Gasteiger partial charge in [-0.15, -0.1) is 0 Å². The maximum Gasteiger partial charge on any atom is 0.417 e. The minimum Gasteiger partial charge on any atom is -0.369 e. The molecular formula is C25H33F3N2O4S. The summed E-state index contributed by atoms with van der Waals surface area (Å²) >= 11 is 0. The van der Waals surface area contributed by atoms with Crippen LogP contribution in [0.25, 0.3) is 0 Å². The van der Waals surface area contributed by atoms with Crippen molar-refractivity contribution in [3.05, 3.63) is 29.8 Å². The lowest BCUT2D eigenvalue weighted by Gasteiger charge is -2.61. The van der Waals surface area contributed by atoms with Crippen LogP contribution in [-0.4, -0.2) is 36.5 Å². The lowest BCUT2D eigenvalue weighted by Crippen LogP contribution is -2.59. The molecule has 1 aromatic carbocycles. The second-order valence-electron chi connectivity index (χ2n) is 11.4. The molecule has 0 heterocycles. The summed E-state index contributed by atoms with van der Waals surface area (Å²) in [6.45, 7) is 4.25. The Kier molecular flexibility index (Phi) is 6.19. The number of rotatable bonds is 8. The average molecular weight is 515 g/mol. The Morgan fingerprint density at radius 1 is 1.09 bits per heavy atom. The first-order chi connectivity index (χ1) is 16.1. The molecule has 1 aromatic rings. The van der Waals surface area contributed by atoms with Crippen molar-refractivity contribution in [1.29, 1.82) is 0 Å². The summed E-state index contributed by atoms with van der Waals surface area (Å²) in [6.07, 6.45) is -0.206. The zero-order chi connectivity index (χ0) is 26.0. The molecule has 4 aliphatic rings. The SMILES string of the molecule is CCN(C(C)(C)C(=O)CC12CC3CC(C1)CC(C(N)=O)(C3)C2)S(=O)(=O)c1ccccc1C(F)(F)F. The van der Waals surface area contributed by atoms with E-state index in [1.54, 1.807) is 0 Å². The third kappa shape index (κ3) is 4.30. The molecule has 4 saturated carbocycles. The van der Waals surface area contributed by atoms with Gasteiger partial charge in [0.05, 0.1) is 21.4 Å². The summed E-state index contributed by atoms with van der Waals surface area (Å²) in [4.78, 5) is 25.3. The summed E-state index contributed by atoms with van der Waals surface area (Å²) in [5.74, 6) is -0.0631. The lowest BCUT2D eigenvalue weighted by molar-refractivity contribution is -0.159. The fourth-order valence-corrected chi connectivity index (χ4v) is 9.55. The standard InChI is InChI=1S/C25H33F3N2O4S/c1-4-30(35(33,34)19-8-6-5-7-18(19)25(26,27)28)22(2,3)20(31)14-23-10-16-9-17(11-23)13-24(12-16,15-23)21(29)32/h5-8,16-17H,4,9-15H2,1-3H3,(H2,29,32). The highest BCUT2D eigenvalue weighted by Gasteiger charge is 2.61. The van der Waals surface area contributed by atoms with Gasteiger partial charge in [0, 0.05) is 13.0 Å². The molecule has 0 aliphatic heterocycles. The smallest absolute Gasteiger partial charge is 0.369 e. The highest BCUT2D eigenvalue weighted by molar-refractivity contribution is 7.89. The van der Waals surface area contributed by atoms with E-state index in [9.17, 15) is 31.2 Å². The molecule has 2 unspecified atom stereocenters. The van der Waals surface area contributed by atoms with Crippen LogP contribution < -0.4 is 5.73 Å². The third-order valence-corrected chi connectivity index (χ3v) is 10.8. The van der Waals surface area contributed by atoms with Gasteiger partial charge in [0.1, 0.15) is 0 Å². The molecule has 4 bridgehead atoms. The molecule has 4 aliphatic carbocycles. The number of halogens is 3. The molecule has 0 saturated heterocycles. The molecular weight excluding hydrogens is 481 g/mol. The average Bonchev–Trinajstić information content (AvgIpc) is 2.71. The molecule has 10 heteroatoms. The monoisotopic (exact) mass is 514 g/mol. The zero-order valence-corrected chi connectivity index (χ0v) is 21.1. The minimum absolute atomic E-state index is 0.0783. The third-order valence-electron chi connectivity index (χ3n) is 8.59. The van der Waals surface area contributed by atoms with E-state index in [1.165, 1.54) is 26.8 Å². The van der Waals surface area contributed by atoms with E-state index < -0.39 is 43.0 Å². The minimum atomic E-state index is -4.86. The second-order valence-corrected chi connectivity index (χ2v) is 13.3. The Hall–Kier alpha value is -1.94. The lowest BCUT2D eigenvalue weighted by atomic mass is 9.43. The van der Waals surface area contributed by atoms with E-state index in [-0.39, 0.29) is 24.7 Å². The fourth-order valence-electron chi connectivity index (χ4n) is 7.55. The van der Waals surface area contributed by atoms with Gasteiger partial charge in [0.25, 0.3) is 0 Å². The van der Waals surface area contributed by atoms with E-state index in [1.807, 2.05) is 0 Å². The van der Waals surface area contributed by atoms with Crippen molar-refractivity contribution in [2.45, 2.75) is 82.3 Å². The van der Waals surface area contributed by atoms with Gasteiger partial charge >= 0.3 is 6.18 Å². The maximum absolute atomic E-state index is 13.7. The van der Waals surface area contributed by atoms with E-state index >= 15 is 0 Å². The van der Waals surface area contributed by atoms with E-state index in [4.69, 9.17) is 5.73 Å². The predicted molar refractivity (Wildman–Crippen MR) is 123 cm³/mol. The molecule has 194 valence electrons. The molecule has 0 spiro atoms. The Labute approximate surface area is 204 Å². The summed E-state index contributed by atoms with van der Waals surface area (Å²) in [5.41, 5.74) is 1.93. The summed E-state index contributed by atoms with van der Waals surface area (Å²) in [6, 6.07) is 4.03. The molecule has 4 fully saturated rings. The van der Waals surface area contributed by atoms with Crippen LogP contribution in [0.2, 0.25) is 0 Å².